The van der Waals surface area contributed by atoms with Gasteiger partial charge in [0, 0.05) is 56.6 Å². The van der Waals surface area contributed by atoms with Gasteiger partial charge in [0.2, 0.25) is 0 Å². The summed E-state index contributed by atoms with van der Waals surface area (Å²) in [5, 5.41) is 12.1. The van der Waals surface area contributed by atoms with E-state index in [1.807, 2.05) is 48.5 Å². The topological polar surface area (TPSA) is 62.1 Å². The number of hydrogen-bond donors (Lipinski definition) is 0. The lowest BCUT2D eigenvalue weighted by molar-refractivity contribution is -0.384. The van der Waals surface area contributed by atoms with Crippen molar-refractivity contribution in [3.63, 3.8) is 0 Å². The van der Waals surface area contributed by atoms with Crippen molar-refractivity contribution in [3.8, 4) is 0 Å². The standard InChI is InChI=1S/C27H30N4O3/c32-31(33)26-20-23(27-30(14-7-19-34-27)21-22-8-3-1-4-9-22)12-13-25(26)29-17-15-28(16-18-29)24-10-5-2-6-11-24/h1-6,8-13,20,27H,7,14-19,21H2/t27-/m1/s1. The first kappa shape index (κ1) is 22.4. The smallest absolute Gasteiger partial charge is 0.292 e. The molecule has 3 aromatic rings. The zero-order chi connectivity index (χ0) is 23.3. The second-order valence-electron chi connectivity index (χ2n) is 8.85. The third kappa shape index (κ3) is 4.90. The van der Waals surface area contributed by atoms with Gasteiger partial charge in [-0.3, -0.25) is 15.0 Å². The summed E-state index contributed by atoms with van der Waals surface area (Å²) in [4.78, 5) is 18.5. The van der Waals surface area contributed by atoms with Crippen LogP contribution in [0.25, 0.3) is 0 Å². The number of rotatable bonds is 6. The molecule has 0 amide bonds. The van der Waals surface area contributed by atoms with Gasteiger partial charge in [-0.1, -0.05) is 54.6 Å². The highest BCUT2D eigenvalue weighted by atomic mass is 16.6. The van der Waals surface area contributed by atoms with Crippen LogP contribution in [-0.4, -0.2) is 49.2 Å². The average Bonchev–Trinajstić information content (AvgIpc) is 2.90. The Morgan fingerprint density at radius 2 is 1.53 bits per heavy atom. The number of nitrogens with zero attached hydrogens (tertiary/aromatic N) is 4. The number of para-hydroxylation sites is 1. The molecule has 0 radical (unpaired) electrons. The molecule has 1 atom stereocenters. The Kier molecular flexibility index (Phi) is 6.74. The van der Waals surface area contributed by atoms with Crippen LogP contribution >= 0.6 is 0 Å². The van der Waals surface area contributed by atoms with Crippen molar-refractivity contribution in [2.75, 3.05) is 49.1 Å². The van der Waals surface area contributed by atoms with Gasteiger partial charge in [-0.25, -0.2) is 0 Å². The summed E-state index contributed by atoms with van der Waals surface area (Å²) in [7, 11) is 0. The average molecular weight is 459 g/mol. The largest absolute Gasteiger partial charge is 0.368 e. The molecular weight excluding hydrogens is 428 g/mol. The molecule has 0 N–H and O–H groups in total. The van der Waals surface area contributed by atoms with Crippen LogP contribution in [0.4, 0.5) is 17.1 Å². The lowest BCUT2D eigenvalue weighted by Crippen LogP contribution is -2.46. The van der Waals surface area contributed by atoms with Crippen LogP contribution in [0, 0.1) is 10.1 Å². The molecule has 0 spiro atoms. The van der Waals surface area contributed by atoms with E-state index in [1.54, 1.807) is 6.07 Å². The summed E-state index contributed by atoms with van der Waals surface area (Å²) >= 11 is 0. The first-order valence-electron chi connectivity index (χ1n) is 11.9. The molecule has 2 aliphatic rings. The van der Waals surface area contributed by atoms with E-state index < -0.39 is 0 Å². The second kappa shape index (κ2) is 10.2. The minimum Gasteiger partial charge on any atom is -0.368 e. The van der Waals surface area contributed by atoms with Crippen molar-refractivity contribution in [1.29, 1.82) is 0 Å². The highest BCUT2D eigenvalue weighted by Gasteiger charge is 2.29. The molecule has 34 heavy (non-hydrogen) atoms. The van der Waals surface area contributed by atoms with Gasteiger partial charge in [-0.15, -0.1) is 0 Å². The van der Waals surface area contributed by atoms with Crippen LogP contribution < -0.4 is 9.80 Å². The maximum atomic E-state index is 12.1. The van der Waals surface area contributed by atoms with Gasteiger partial charge < -0.3 is 14.5 Å². The molecular formula is C27H30N4O3. The molecule has 2 fully saturated rings. The Balaban J connectivity index is 1.34. The van der Waals surface area contributed by atoms with E-state index in [0.717, 1.165) is 51.3 Å². The summed E-state index contributed by atoms with van der Waals surface area (Å²) in [5.74, 6) is 0. The Labute approximate surface area is 200 Å². The number of nitro groups is 1. The maximum Gasteiger partial charge on any atom is 0.292 e. The van der Waals surface area contributed by atoms with E-state index in [1.165, 1.54) is 11.3 Å². The minimum atomic E-state index is -0.281. The summed E-state index contributed by atoms with van der Waals surface area (Å²) in [6.07, 6.45) is 0.673. The molecule has 5 rings (SSSR count). The Bertz CT molecular complexity index is 1100. The van der Waals surface area contributed by atoms with Crippen LogP contribution in [0.1, 0.15) is 23.8 Å². The summed E-state index contributed by atoms with van der Waals surface area (Å²) in [6.45, 7) is 5.47. The molecule has 2 heterocycles. The van der Waals surface area contributed by atoms with Gasteiger partial charge >= 0.3 is 0 Å². The molecule has 2 saturated heterocycles. The Morgan fingerprint density at radius 3 is 2.24 bits per heavy atom. The highest BCUT2D eigenvalue weighted by molar-refractivity contribution is 5.65. The van der Waals surface area contributed by atoms with Crippen LogP contribution in [0.5, 0.6) is 0 Å². The van der Waals surface area contributed by atoms with Gasteiger partial charge in [0.1, 0.15) is 11.9 Å². The Morgan fingerprint density at radius 1 is 0.853 bits per heavy atom. The molecule has 7 nitrogen and oxygen atoms in total. The van der Waals surface area contributed by atoms with E-state index in [9.17, 15) is 10.1 Å². The van der Waals surface area contributed by atoms with E-state index in [0.29, 0.717) is 12.3 Å². The molecule has 0 aliphatic carbocycles. The van der Waals surface area contributed by atoms with Gasteiger partial charge in [-0.05, 0) is 30.2 Å². The Hall–Kier alpha value is -3.42. The lowest BCUT2D eigenvalue weighted by Gasteiger charge is -2.38. The van der Waals surface area contributed by atoms with Crippen molar-refractivity contribution in [3.05, 3.63) is 100 Å². The lowest BCUT2D eigenvalue weighted by atomic mass is 10.1. The number of benzene rings is 3. The zero-order valence-corrected chi connectivity index (χ0v) is 19.3. The number of piperazine rings is 1. The number of hydrogen-bond acceptors (Lipinski definition) is 6. The quantitative estimate of drug-likeness (QED) is 0.389. The predicted molar refractivity (Wildman–Crippen MR) is 134 cm³/mol. The zero-order valence-electron chi connectivity index (χ0n) is 19.3. The number of nitro benzene ring substituents is 1. The van der Waals surface area contributed by atoms with Crippen molar-refractivity contribution in [2.24, 2.45) is 0 Å². The highest BCUT2D eigenvalue weighted by Crippen LogP contribution is 2.36. The van der Waals surface area contributed by atoms with E-state index in [4.69, 9.17) is 4.74 Å². The molecule has 0 saturated carbocycles. The fourth-order valence-electron chi connectivity index (χ4n) is 4.92. The van der Waals surface area contributed by atoms with Crippen molar-refractivity contribution < 1.29 is 9.66 Å². The van der Waals surface area contributed by atoms with Crippen molar-refractivity contribution in [2.45, 2.75) is 19.2 Å². The summed E-state index contributed by atoms with van der Waals surface area (Å²) in [5.41, 5.74) is 4.08. The third-order valence-corrected chi connectivity index (χ3v) is 6.65. The SMILES string of the molecule is O=[N+]([O-])c1cc([C@H]2OCCCN2Cc2ccccc2)ccc1N1CCN(c2ccccc2)CC1. The predicted octanol–water partition coefficient (Wildman–Crippen LogP) is 4.84. The maximum absolute atomic E-state index is 12.1. The summed E-state index contributed by atoms with van der Waals surface area (Å²) in [6, 6.07) is 26.2. The van der Waals surface area contributed by atoms with Crippen LogP contribution in [-0.2, 0) is 11.3 Å². The van der Waals surface area contributed by atoms with Crippen LogP contribution in [0.3, 0.4) is 0 Å². The van der Waals surface area contributed by atoms with E-state index in [2.05, 4.69) is 39.0 Å². The fourth-order valence-corrected chi connectivity index (χ4v) is 4.92. The van der Waals surface area contributed by atoms with Gasteiger partial charge in [-0.2, -0.15) is 0 Å². The molecule has 3 aromatic carbocycles. The van der Waals surface area contributed by atoms with Gasteiger partial charge in [0.15, 0.2) is 0 Å². The monoisotopic (exact) mass is 458 g/mol. The second-order valence-corrected chi connectivity index (χ2v) is 8.85. The first-order valence-corrected chi connectivity index (χ1v) is 11.9. The van der Waals surface area contributed by atoms with Crippen molar-refractivity contribution in [1.82, 2.24) is 4.90 Å². The molecule has 176 valence electrons. The molecule has 0 aromatic heterocycles. The molecule has 7 heteroatoms. The van der Waals surface area contributed by atoms with Gasteiger partial charge in [0.05, 0.1) is 11.5 Å². The van der Waals surface area contributed by atoms with E-state index >= 15 is 0 Å². The number of anilines is 2. The van der Waals surface area contributed by atoms with Crippen LogP contribution in [0.2, 0.25) is 0 Å². The normalized spacial score (nSPS) is 19.2. The first-order chi connectivity index (χ1) is 16.7. The van der Waals surface area contributed by atoms with Crippen LogP contribution in [0.15, 0.2) is 78.9 Å². The fraction of sp³-hybridized carbons (Fsp3) is 0.333. The van der Waals surface area contributed by atoms with Gasteiger partial charge in [0.25, 0.3) is 5.69 Å². The van der Waals surface area contributed by atoms with Crippen molar-refractivity contribution >= 4 is 17.1 Å². The third-order valence-electron chi connectivity index (χ3n) is 6.65. The molecule has 0 unspecified atom stereocenters. The molecule has 0 bridgehead atoms. The molecule has 2 aliphatic heterocycles. The summed E-state index contributed by atoms with van der Waals surface area (Å²) < 4.78 is 6.12. The van der Waals surface area contributed by atoms with E-state index in [-0.39, 0.29) is 16.8 Å². The minimum absolute atomic E-state index is 0.152. The number of ether oxygens (including phenoxy) is 1.